The molecule has 1 aromatic rings. The molecule has 0 unspecified atom stereocenters. The summed E-state index contributed by atoms with van der Waals surface area (Å²) in [5.41, 5.74) is 6.97. The van der Waals surface area contributed by atoms with E-state index in [1.807, 2.05) is 18.3 Å². The molecule has 0 aliphatic heterocycles. The first-order valence-corrected chi connectivity index (χ1v) is 4.59. The molecule has 1 atom stereocenters. The maximum atomic E-state index is 5.92. The van der Waals surface area contributed by atoms with Gasteiger partial charge in [-0.25, -0.2) is 0 Å². The number of H-pyrrole nitrogens is 1. The van der Waals surface area contributed by atoms with Crippen LogP contribution in [-0.2, 0) is 0 Å². The summed E-state index contributed by atoms with van der Waals surface area (Å²) in [4.78, 5) is 2.97. The summed E-state index contributed by atoms with van der Waals surface area (Å²) in [5.74, 6) is 0. The van der Waals surface area contributed by atoms with Gasteiger partial charge in [-0.2, -0.15) is 0 Å². The Hall–Kier alpha value is -0.670. The molecule has 66 valence electrons. The van der Waals surface area contributed by atoms with Gasteiger partial charge in [0.25, 0.3) is 0 Å². The van der Waals surface area contributed by atoms with Crippen molar-refractivity contribution in [2.75, 3.05) is 0 Å². The second-order valence-corrected chi connectivity index (χ2v) is 3.26. The molecular weight excluding hydrogens is 168 g/mol. The molecule has 1 aromatic heterocycles. The molecule has 1 heterocycles. The number of aromatic nitrogens is 1. The van der Waals surface area contributed by atoms with E-state index in [1.165, 1.54) is 0 Å². The summed E-state index contributed by atoms with van der Waals surface area (Å²) in [7, 11) is 0. The minimum atomic E-state index is 0.0833. The Kier molecular flexibility index (Phi) is 3.44. The lowest BCUT2D eigenvalue weighted by atomic mass is 10.1. The Morgan fingerprint density at radius 3 is 3.00 bits per heavy atom. The van der Waals surface area contributed by atoms with Crippen molar-refractivity contribution in [1.29, 1.82) is 0 Å². The standard InChI is InChI=1S/C9H14N2S/c1-2-4-8(10)7-5-3-6-11-9(7)12/h3,5-6,8H,2,4,10H2,1H3,(H,11,12)/t8-/m0/s1. The Bertz CT molecular complexity index is 293. The molecule has 0 aliphatic rings. The molecule has 3 heteroatoms. The van der Waals surface area contributed by atoms with Crippen LogP contribution < -0.4 is 5.73 Å². The normalized spacial score (nSPS) is 12.8. The van der Waals surface area contributed by atoms with Crippen molar-refractivity contribution in [1.82, 2.24) is 4.98 Å². The summed E-state index contributed by atoms with van der Waals surface area (Å²) in [6, 6.07) is 4.00. The van der Waals surface area contributed by atoms with Gasteiger partial charge in [0.05, 0.1) is 0 Å². The number of nitrogens with one attached hydrogen (secondary N) is 1. The summed E-state index contributed by atoms with van der Waals surface area (Å²) < 4.78 is 0.762. The van der Waals surface area contributed by atoms with E-state index in [4.69, 9.17) is 18.0 Å². The van der Waals surface area contributed by atoms with E-state index in [0.717, 1.165) is 23.0 Å². The van der Waals surface area contributed by atoms with Crippen molar-refractivity contribution in [3.05, 3.63) is 28.5 Å². The fourth-order valence-corrected chi connectivity index (χ4v) is 1.48. The van der Waals surface area contributed by atoms with E-state index in [0.29, 0.717) is 0 Å². The fraction of sp³-hybridized carbons (Fsp3) is 0.444. The molecule has 0 aromatic carbocycles. The third-order valence-corrected chi connectivity index (χ3v) is 2.20. The molecule has 0 amide bonds. The van der Waals surface area contributed by atoms with Crippen LogP contribution >= 0.6 is 12.2 Å². The van der Waals surface area contributed by atoms with Crippen molar-refractivity contribution >= 4 is 12.2 Å². The van der Waals surface area contributed by atoms with Crippen molar-refractivity contribution in [2.45, 2.75) is 25.8 Å². The maximum Gasteiger partial charge on any atom is 0.108 e. The molecule has 0 aliphatic carbocycles. The van der Waals surface area contributed by atoms with Crippen LogP contribution in [0.5, 0.6) is 0 Å². The van der Waals surface area contributed by atoms with Crippen LogP contribution in [0.25, 0.3) is 0 Å². The Labute approximate surface area is 77.8 Å². The molecule has 3 N–H and O–H groups in total. The van der Waals surface area contributed by atoms with E-state index in [1.54, 1.807) is 0 Å². The van der Waals surface area contributed by atoms with Gasteiger partial charge in [-0.15, -0.1) is 0 Å². The predicted molar refractivity (Wildman–Crippen MR) is 53.5 cm³/mol. The van der Waals surface area contributed by atoms with Crippen LogP contribution in [0.1, 0.15) is 31.4 Å². The Balaban J connectivity index is 2.87. The molecule has 12 heavy (non-hydrogen) atoms. The molecule has 1 rings (SSSR count). The summed E-state index contributed by atoms with van der Waals surface area (Å²) >= 11 is 5.11. The number of nitrogens with two attached hydrogens (primary N) is 1. The highest BCUT2D eigenvalue weighted by Crippen LogP contribution is 2.14. The Morgan fingerprint density at radius 1 is 1.67 bits per heavy atom. The van der Waals surface area contributed by atoms with Crippen LogP contribution in [0.2, 0.25) is 0 Å². The van der Waals surface area contributed by atoms with Gasteiger partial charge in [0.15, 0.2) is 0 Å². The van der Waals surface area contributed by atoms with E-state index >= 15 is 0 Å². The SMILES string of the molecule is CCC[C@H](N)c1ccc[nH]c1=S. The van der Waals surface area contributed by atoms with Gasteiger partial charge >= 0.3 is 0 Å². The highest BCUT2D eigenvalue weighted by molar-refractivity contribution is 7.71. The number of pyridine rings is 1. The van der Waals surface area contributed by atoms with E-state index in [-0.39, 0.29) is 6.04 Å². The highest BCUT2D eigenvalue weighted by Gasteiger charge is 2.04. The van der Waals surface area contributed by atoms with Gasteiger partial charge in [-0.05, 0) is 12.5 Å². The van der Waals surface area contributed by atoms with Crippen molar-refractivity contribution in [2.24, 2.45) is 5.73 Å². The second-order valence-electron chi connectivity index (χ2n) is 2.85. The molecule has 0 radical (unpaired) electrons. The largest absolute Gasteiger partial charge is 0.353 e. The molecule has 2 nitrogen and oxygen atoms in total. The second kappa shape index (κ2) is 4.38. The van der Waals surface area contributed by atoms with E-state index in [9.17, 15) is 0 Å². The maximum absolute atomic E-state index is 5.92. The third kappa shape index (κ3) is 2.16. The monoisotopic (exact) mass is 182 g/mol. The molecular formula is C9H14N2S. The predicted octanol–water partition coefficient (Wildman–Crippen LogP) is 2.54. The van der Waals surface area contributed by atoms with Gasteiger partial charge in [0.2, 0.25) is 0 Å². The minimum Gasteiger partial charge on any atom is -0.353 e. The van der Waals surface area contributed by atoms with Gasteiger partial charge < -0.3 is 10.7 Å². The lowest BCUT2D eigenvalue weighted by Crippen LogP contribution is -2.10. The van der Waals surface area contributed by atoms with Crippen molar-refractivity contribution < 1.29 is 0 Å². The first kappa shape index (κ1) is 9.42. The molecule has 0 saturated heterocycles. The quantitative estimate of drug-likeness (QED) is 0.705. The zero-order valence-corrected chi connectivity index (χ0v) is 8.03. The lowest BCUT2D eigenvalue weighted by Gasteiger charge is -2.09. The van der Waals surface area contributed by atoms with E-state index in [2.05, 4.69) is 11.9 Å². The lowest BCUT2D eigenvalue weighted by molar-refractivity contribution is 0.634. The molecule has 0 fully saturated rings. The number of rotatable bonds is 3. The average molecular weight is 182 g/mol. The zero-order valence-electron chi connectivity index (χ0n) is 7.21. The topological polar surface area (TPSA) is 41.8 Å². The molecule has 0 saturated carbocycles. The number of hydrogen-bond acceptors (Lipinski definition) is 2. The third-order valence-electron chi connectivity index (χ3n) is 1.85. The van der Waals surface area contributed by atoms with Crippen molar-refractivity contribution in [3.8, 4) is 0 Å². The van der Waals surface area contributed by atoms with Gasteiger partial charge in [-0.3, -0.25) is 0 Å². The summed E-state index contributed by atoms with van der Waals surface area (Å²) in [6.07, 6.45) is 3.90. The zero-order chi connectivity index (χ0) is 8.97. The van der Waals surface area contributed by atoms with Gasteiger partial charge in [-0.1, -0.05) is 31.6 Å². The first-order valence-electron chi connectivity index (χ1n) is 4.19. The number of hydrogen-bond donors (Lipinski definition) is 2. The minimum absolute atomic E-state index is 0.0833. The molecule has 0 spiro atoms. The first-order chi connectivity index (χ1) is 5.75. The van der Waals surface area contributed by atoms with Gasteiger partial charge in [0.1, 0.15) is 4.64 Å². The molecule has 0 bridgehead atoms. The van der Waals surface area contributed by atoms with Crippen LogP contribution in [0.4, 0.5) is 0 Å². The van der Waals surface area contributed by atoms with Crippen LogP contribution in [0.15, 0.2) is 18.3 Å². The van der Waals surface area contributed by atoms with Gasteiger partial charge in [0, 0.05) is 17.8 Å². The smallest absolute Gasteiger partial charge is 0.108 e. The summed E-state index contributed by atoms with van der Waals surface area (Å²) in [6.45, 7) is 2.12. The highest BCUT2D eigenvalue weighted by atomic mass is 32.1. The fourth-order valence-electron chi connectivity index (χ4n) is 1.19. The summed E-state index contributed by atoms with van der Waals surface area (Å²) in [5, 5.41) is 0. The van der Waals surface area contributed by atoms with E-state index < -0.39 is 0 Å². The van der Waals surface area contributed by atoms with Crippen LogP contribution in [-0.4, -0.2) is 4.98 Å². The Morgan fingerprint density at radius 2 is 2.42 bits per heavy atom. The van der Waals surface area contributed by atoms with Crippen LogP contribution in [0.3, 0.4) is 0 Å². The van der Waals surface area contributed by atoms with Crippen LogP contribution in [0, 0.1) is 4.64 Å². The number of aromatic amines is 1. The average Bonchev–Trinajstić information content (AvgIpc) is 2.05. The van der Waals surface area contributed by atoms with Crippen molar-refractivity contribution in [3.63, 3.8) is 0 Å².